The quantitative estimate of drug-likeness (QED) is 0.794. The van der Waals surface area contributed by atoms with Crippen molar-refractivity contribution in [3.8, 4) is 0 Å². The maximum absolute atomic E-state index is 5.93. The van der Waals surface area contributed by atoms with E-state index in [9.17, 15) is 0 Å². The summed E-state index contributed by atoms with van der Waals surface area (Å²) in [5.41, 5.74) is 1.45. The molecule has 0 saturated heterocycles. The van der Waals surface area contributed by atoms with Gasteiger partial charge in [-0.1, -0.05) is 39.7 Å². The van der Waals surface area contributed by atoms with Gasteiger partial charge in [-0.25, -0.2) is 0 Å². The molecule has 0 radical (unpaired) electrons. The molecule has 1 heterocycles. The first-order valence-corrected chi connectivity index (χ1v) is 8.42. The highest BCUT2D eigenvalue weighted by Crippen LogP contribution is 2.37. The Hall–Kier alpha value is -0.350. The standard InChI is InChI=1S/C15H15BrClNS/c16-12-3-1-2-10(6-12)11-7-13(8-11)18-9-14-4-5-15(17)19-14/h1-6,11,13,18H,7-9H2. The van der Waals surface area contributed by atoms with Crippen molar-refractivity contribution in [3.63, 3.8) is 0 Å². The van der Waals surface area contributed by atoms with Gasteiger partial charge in [0.2, 0.25) is 0 Å². The van der Waals surface area contributed by atoms with E-state index < -0.39 is 0 Å². The van der Waals surface area contributed by atoms with E-state index in [4.69, 9.17) is 11.6 Å². The second-order valence-corrected chi connectivity index (χ2v) is 7.72. The molecule has 100 valence electrons. The molecule has 1 aliphatic rings. The van der Waals surface area contributed by atoms with Crippen LogP contribution >= 0.6 is 38.9 Å². The van der Waals surface area contributed by atoms with E-state index >= 15 is 0 Å². The lowest BCUT2D eigenvalue weighted by atomic mass is 9.76. The predicted molar refractivity (Wildman–Crippen MR) is 86.1 cm³/mol. The summed E-state index contributed by atoms with van der Waals surface area (Å²) in [7, 11) is 0. The highest BCUT2D eigenvalue weighted by Gasteiger charge is 2.29. The van der Waals surface area contributed by atoms with E-state index in [1.807, 2.05) is 6.07 Å². The van der Waals surface area contributed by atoms with Gasteiger partial charge in [-0.2, -0.15) is 0 Å². The third-order valence-electron chi connectivity index (χ3n) is 3.65. The molecule has 0 atom stereocenters. The van der Waals surface area contributed by atoms with Gasteiger partial charge in [0.15, 0.2) is 0 Å². The summed E-state index contributed by atoms with van der Waals surface area (Å²) in [6, 6.07) is 13.4. The van der Waals surface area contributed by atoms with Crippen LogP contribution in [0.15, 0.2) is 40.9 Å². The monoisotopic (exact) mass is 355 g/mol. The van der Waals surface area contributed by atoms with Crippen LogP contribution in [0.4, 0.5) is 0 Å². The molecule has 0 aliphatic heterocycles. The summed E-state index contributed by atoms with van der Waals surface area (Å²) in [5.74, 6) is 0.710. The van der Waals surface area contributed by atoms with Crippen LogP contribution in [-0.2, 0) is 6.54 Å². The molecule has 0 bridgehead atoms. The molecule has 1 fully saturated rings. The molecule has 0 spiro atoms. The molecule has 1 aliphatic carbocycles. The summed E-state index contributed by atoms with van der Waals surface area (Å²) >= 11 is 11.1. The summed E-state index contributed by atoms with van der Waals surface area (Å²) < 4.78 is 2.05. The molecular formula is C15H15BrClNS. The van der Waals surface area contributed by atoms with Crippen LogP contribution in [0.2, 0.25) is 4.34 Å². The van der Waals surface area contributed by atoms with Gasteiger partial charge in [0, 0.05) is 21.9 Å². The Labute approximate surface area is 131 Å². The average Bonchev–Trinajstić information content (AvgIpc) is 2.73. The van der Waals surface area contributed by atoms with Crippen molar-refractivity contribution in [2.75, 3.05) is 0 Å². The van der Waals surface area contributed by atoms with E-state index in [1.165, 1.54) is 27.8 Å². The molecular weight excluding hydrogens is 342 g/mol. The number of hydrogen-bond acceptors (Lipinski definition) is 2. The fourth-order valence-electron chi connectivity index (χ4n) is 2.51. The fraction of sp³-hybridized carbons (Fsp3) is 0.333. The first-order valence-electron chi connectivity index (χ1n) is 6.44. The topological polar surface area (TPSA) is 12.0 Å². The molecule has 3 rings (SSSR count). The largest absolute Gasteiger partial charge is 0.309 e. The molecule has 2 aromatic rings. The van der Waals surface area contributed by atoms with Crippen molar-refractivity contribution >= 4 is 38.9 Å². The van der Waals surface area contributed by atoms with Crippen molar-refractivity contribution < 1.29 is 0 Å². The Morgan fingerprint density at radius 1 is 1.26 bits per heavy atom. The fourth-order valence-corrected chi connectivity index (χ4v) is 3.96. The molecule has 1 saturated carbocycles. The molecule has 1 N–H and O–H groups in total. The van der Waals surface area contributed by atoms with Gasteiger partial charge in [-0.15, -0.1) is 11.3 Å². The summed E-state index contributed by atoms with van der Waals surface area (Å²) in [5, 5.41) is 3.60. The van der Waals surface area contributed by atoms with Crippen LogP contribution in [0.1, 0.15) is 29.2 Å². The number of halogens is 2. The average molecular weight is 357 g/mol. The maximum atomic E-state index is 5.93. The van der Waals surface area contributed by atoms with Crippen LogP contribution in [0.25, 0.3) is 0 Å². The predicted octanol–water partition coefficient (Wildman–Crippen LogP) is 5.20. The van der Waals surface area contributed by atoms with Gasteiger partial charge < -0.3 is 5.32 Å². The Morgan fingerprint density at radius 2 is 2.11 bits per heavy atom. The molecule has 1 nitrogen and oxygen atoms in total. The Balaban J connectivity index is 1.48. The van der Waals surface area contributed by atoms with Crippen molar-refractivity contribution in [1.82, 2.24) is 5.32 Å². The Bertz CT molecular complexity index is 563. The first kappa shape index (κ1) is 13.6. The highest BCUT2D eigenvalue weighted by molar-refractivity contribution is 9.10. The number of rotatable bonds is 4. The van der Waals surface area contributed by atoms with Gasteiger partial charge in [-0.05, 0) is 48.6 Å². The van der Waals surface area contributed by atoms with Gasteiger partial charge >= 0.3 is 0 Å². The van der Waals surface area contributed by atoms with E-state index in [2.05, 4.69) is 51.6 Å². The summed E-state index contributed by atoms with van der Waals surface area (Å²) in [6.45, 7) is 0.938. The zero-order valence-corrected chi connectivity index (χ0v) is 13.6. The Morgan fingerprint density at radius 3 is 2.79 bits per heavy atom. The molecule has 1 aromatic heterocycles. The zero-order chi connectivity index (χ0) is 13.2. The lowest BCUT2D eigenvalue weighted by Gasteiger charge is -2.36. The number of benzene rings is 1. The molecule has 4 heteroatoms. The first-order chi connectivity index (χ1) is 9.20. The van der Waals surface area contributed by atoms with E-state index in [0.29, 0.717) is 12.0 Å². The molecule has 19 heavy (non-hydrogen) atoms. The third kappa shape index (κ3) is 3.40. The lowest BCUT2D eigenvalue weighted by Crippen LogP contribution is -2.39. The zero-order valence-electron chi connectivity index (χ0n) is 10.4. The minimum absolute atomic E-state index is 0.643. The third-order valence-corrected chi connectivity index (χ3v) is 5.38. The second kappa shape index (κ2) is 5.96. The van der Waals surface area contributed by atoms with Crippen LogP contribution in [-0.4, -0.2) is 6.04 Å². The van der Waals surface area contributed by atoms with E-state index in [-0.39, 0.29) is 0 Å². The van der Waals surface area contributed by atoms with Gasteiger partial charge in [0.1, 0.15) is 0 Å². The normalized spacial score (nSPS) is 22.2. The van der Waals surface area contributed by atoms with Crippen LogP contribution < -0.4 is 5.32 Å². The highest BCUT2D eigenvalue weighted by atomic mass is 79.9. The summed E-state index contributed by atoms with van der Waals surface area (Å²) in [4.78, 5) is 1.32. The van der Waals surface area contributed by atoms with Gasteiger partial charge in [-0.3, -0.25) is 0 Å². The van der Waals surface area contributed by atoms with Crippen LogP contribution in [0.5, 0.6) is 0 Å². The SMILES string of the molecule is Clc1ccc(CNC2CC(c3cccc(Br)c3)C2)s1. The lowest BCUT2D eigenvalue weighted by molar-refractivity contribution is 0.290. The molecule has 1 aromatic carbocycles. The molecule has 0 unspecified atom stereocenters. The molecule has 0 amide bonds. The van der Waals surface area contributed by atoms with Crippen molar-refractivity contribution in [3.05, 3.63) is 55.6 Å². The van der Waals surface area contributed by atoms with Crippen LogP contribution in [0, 0.1) is 0 Å². The minimum Gasteiger partial charge on any atom is -0.309 e. The van der Waals surface area contributed by atoms with Crippen LogP contribution in [0.3, 0.4) is 0 Å². The smallest absolute Gasteiger partial charge is 0.0931 e. The number of nitrogens with one attached hydrogen (secondary N) is 1. The maximum Gasteiger partial charge on any atom is 0.0931 e. The van der Waals surface area contributed by atoms with Crippen molar-refractivity contribution in [2.24, 2.45) is 0 Å². The van der Waals surface area contributed by atoms with Crippen molar-refractivity contribution in [2.45, 2.75) is 31.3 Å². The summed E-state index contributed by atoms with van der Waals surface area (Å²) in [6.07, 6.45) is 2.46. The van der Waals surface area contributed by atoms with E-state index in [0.717, 1.165) is 10.9 Å². The Kier molecular flexibility index (Phi) is 4.27. The second-order valence-electron chi connectivity index (χ2n) is 5.01. The number of hydrogen-bond donors (Lipinski definition) is 1. The van der Waals surface area contributed by atoms with E-state index in [1.54, 1.807) is 11.3 Å². The number of thiophene rings is 1. The van der Waals surface area contributed by atoms with Gasteiger partial charge in [0.25, 0.3) is 0 Å². The minimum atomic E-state index is 0.643. The van der Waals surface area contributed by atoms with Gasteiger partial charge in [0.05, 0.1) is 4.34 Å². The van der Waals surface area contributed by atoms with Crippen molar-refractivity contribution in [1.29, 1.82) is 0 Å².